The zero-order chi connectivity index (χ0) is 14.7. The highest BCUT2D eigenvalue weighted by atomic mass is 16.5. The summed E-state index contributed by atoms with van der Waals surface area (Å²) in [6, 6.07) is 7.29. The smallest absolute Gasteiger partial charge is 0.248 e. The van der Waals surface area contributed by atoms with Crippen molar-refractivity contribution >= 4 is 11.5 Å². The standard InChI is InChI=1S/C15H18N4O2/c1-20-11-4-6-12(7-5-11)21-15-13(16)14(17-10-18-15)19-8-2-3-9-19/h4-7,10H,2-3,8-9,16H2,1H3. The van der Waals surface area contributed by atoms with Crippen molar-refractivity contribution in [3.8, 4) is 17.4 Å². The topological polar surface area (TPSA) is 73.5 Å². The maximum atomic E-state index is 6.15. The SMILES string of the molecule is COc1ccc(Oc2ncnc(N3CCCC3)c2N)cc1. The minimum Gasteiger partial charge on any atom is -0.497 e. The lowest BCUT2D eigenvalue weighted by molar-refractivity contribution is 0.412. The van der Waals surface area contributed by atoms with Crippen LogP contribution in [0.15, 0.2) is 30.6 Å². The number of nitrogens with two attached hydrogens (primary N) is 1. The van der Waals surface area contributed by atoms with Crippen LogP contribution in [0.3, 0.4) is 0 Å². The molecule has 1 aliphatic heterocycles. The van der Waals surface area contributed by atoms with Gasteiger partial charge in [-0.1, -0.05) is 0 Å². The maximum absolute atomic E-state index is 6.15. The van der Waals surface area contributed by atoms with Crippen LogP contribution in [0.5, 0.6) is 17.4 Å². The van der Waals surface area contributed by atoms with Crippen LogP contribution in [0, 0.1) is 0 Å². The Morgan fingerprint density at radius 3 is 2.38 bits per heavy atom. The molecule has 0 spiro atoms. The fourth-order valence-corrected chi connectivity index (χ4v) is 2.39. The van der Waals surface area contributed by atoms with Crippen molar-refractivity contribution in [2.45, 2.75) is 12.8 Å². The number of ether oxygens (including phenoxy) is 2. The van der Waals surface area contributed by atoms with Crippen LogP contribution in [-0.4, -0.2) is 30.2 Å². The number of anilines is 2. The second kappa shape index (κ2) is 5.87. The summed E-state index contributed by atoms with van der Waals surface area (Å²) in [6.45, 7) is 1.95. The van der Waals surface area contributed by atoms with E-state index in [-0.39, 0.29) is 0 Å². The normalized spacial score (nSPS) is 14.2. The predicted octanol–water partition coefficient (Wildman–Crippen LogP) is 2.46. The van der Waals surface area contributed by atoms with Gasteiger partial charge in [-0.05, 0) is 37.1 Å². The van der Waals surface area contributed by atoms with Gasteiger partial charge in [0.05, 0.1) is 7.11 Å². The quantitative estimate of drug-likeness (QED) is 0.930. The maximum Gasteiger partial charge on any atom is 0.248 e. The predicted molar refractivity (Wildman–Crippen MR) is 81.0 cm³/mol. The van der Waals surface area contributed by atoms with Crippen molar-refractivity contribution < 1.29 is 9.47 Å². The van der Waals surface area contributed by atoms with Crippen LogP contribution in [0.1, 0.15) is 12.8 Å². The molecule has 2 aromatic rings. The summed E-state index contributed by atoms with van der Waals surface area (Å²) < 4.78 is 10.9. The van der Waals surface area contributed by atoms with Crippen LogP contribution in [-0.2, 0) is 0 Å². The summed E-state index contributed by atoms with van der Waals surface area (Å²) in [4.78, 5) is 10.6. The van der Waals surface area contributed by atoms with Gasteiger partial charge < -0.3 is 20.1 Å². The Balaban J connectivity index is 1.82. The molecule has 0 bridgehead atoms. The Morgan fingerprint density at radius 2 is 1.71 bits per heavy atom. The lowest BCUT2D eigenvalue weighted by Gasteiger charge is -2.19. The summed E-state index contributed by atoms with van der Waals surface area (Å²) >= 11 is 0. The largest absolute Gasteiger partial charge is 0.497 e. The molecule has 6 heteroatoms. The molecule has 1 saturated heterocycles. The molecule has 1 fully saturated rings. The van der Waals surface area contributed by atoms with Crippen LogP contribution < -0.4 is 20.1 Å². The number of aromatic nitrogens is 2. The number of nitrogens with zero attached hydrogens (tertiary/aromatic N) is 3. The average Bonchev–Trinajstić information content (AvgIpc) is 3.04. The molecular weight excluding hydrogens is 268 g/mol. The van der Waals surface area contributed by atoms with E-state index in [1.807, 2.05) is 24.3 Å². The minimum atomic E-state index is 0.386. The molecule has 1 aromatic heterocycles. The Labute approximate surface area is 123 Å². The highest BCUT2D eigenvalue weighted by Crippen LogP contribution is 2.33. The molecule has 0 saturated carbocycles. The minimum absolute atomic E-state index is 0.386. The molecule has 0 amide bonds. The summed E-state index contributed by atoms with van der Waals surface area (Å²) in [5.74, 6) is 2.58. The van der Waals surface area contributed by atoms with Gasteiger partial charge in [0.25, 0.3) is 0 Å². The zero-order valence-corrected chi connectivity index (χ0v) is 12.0. The van der Waals surface area contributed by atoms with Crippen LogP contribution >= 0.6 is 0 Å². The highest BCUT2D eigenvalue weighted by molar-refractivity contribution is 5.68. The Morgan fingerprint density at radius 1 is 1.05 bits per heavy atom. The molecule has 0 unspecified atom stereocenters. The zero-order valence-electron chi connectivity index (χ0n) is 12.0. The first kappa shape index (κ1) is 13.5. The molecule has 3 rings (SSSR count). The highest BCUT2D eigenvalue weighted by Gasteiger charge is 2.19. The molecule has 21 heavy (non-hydrogen) atoms. The first-order valence-electron chi connectivity index (χ1n) is 6.95. The van der Waals surface area contributed by atoms with Crippen LogP contribution in [0.25, 0.3) is 0 Å². The lowest BCUT2D eigenvalue weighted by Crippen LogP contribution is -2.20. The van der Waals surface area contributed by atoms with Crippen LogP contribution in [0.4, 0.5) is 11.5 Å². The van der Waals surface area contributed by atoms with E-state index < -0.39 is 0 Å². The monoisotopic (exact) mass is 286 g/mol. The van der Waals surface area contributed by atoms with E-state index in [2.05, 4.69) is 14.9 Å². The first-order chi connectivity index (χ1) is 10.3. The lowest BCUT2D eigenvalue weighted by atomic mass is 10.3. The second-order valence-corrected chi connectivity index (χ2v) is 4.89. The third-order valence-electron chi connectivity index (χ3n) is 3.51. The molecule has 2 N–H and O–H groups in total. The van der Waals surface area contributed by atoms with E-state index >= 15 is 0 Å². The second-order valence-electron chi connectivity index (χ2n) is 4.89. The van der Waals surface area contributed by atoms with Gasteiger partial charge in [0.2, 0.25) is 5.88 Å². The fourth-order valence-electron chi connectivity index (χ4n) is 2.39. The van der Waals surface area contributed by atoms with Crippen molar-refractivity contribution in [3.05, 3.63) is 30.6 Å². The summed E-state index contributed by atoms with van der Waals surface area (Å²) in [5, 5.41) is 0. The van der Waals surface area contributed by atoms with E-state index in [4.69, 9.17) is 15.2 Å². The van der Waals surface area contributed by atoms with E-state index in [0.29, 0.717) is 17.3 Å². The van der Waals surface area contributed by atoms with Gasteiger partial charge >= 0.3 is 0 Å². The number of nitrogen functional groups attached to an aromatic ring is 1. The molecule has 110 valence electrons. The van der Waals surface area contributed by atoms with Gasteiger partial charge in [0.15, 0.2) is 5.82 Å². The number of methoxy groups -OCH3 is 1. The van der Waals surface area contributed by atoms with E-state index in [0.717, 1.165) is 37.5 Å². The average molecular weight is 286 g/mol. The summed E-state index contributed by atoms with van der Waals surface area (Å²) in [7, 11) is 1.63. The fraction of sp³-hybridized carbons (Fsp3) is 0.333. The molecule has 6 nitrogen and oxygen atoms in total. The van der Waals surface area contributed by atoms with Gasteiger partial charge in [-0.25, -0.2) is 4.98 Å². The molecule has 1 aromatic carbocycles. The summed E-state index contributed by atoms with van der Waals surface area (Å²) in [5.41, 5.74) is 6.63. The molecule has 0 aliphatic carbocycles. The van der Waals surface area contributed by atoms with Crippen molar-refractivity contribution in [3.63, 3.8) is 0 Å². The number of hydrogen-bond acceptors (Lipinski definition) is 6. The Kier molecular flexibility index (Phi) is 3.77. The molecule has 1 aliphatic rings. The van der Waals surface area contributed by atoms with Gasteiger partial charge in [0.1, 0.15) is 23.5 Å². The third kappa shape index (κ3) is 2.84. The van der Waals surface area contributed by atoms with Crippen LogP contribution in [0.2, 0.25) is 0 Å². The molecular formula is C15H18N4O2. The number of benzene rings is 1. The molecule has 2 heterocycles. The van der Waals surface area contributed by atoms with Gasteiger partial charge in [-0.3, -0.25) is 0 Å². The van der Waals surface area contributed by atoms with E-state index in [1.165, 1.54) is 6.33 Å². The third-order valence-corrected chi connectivity index (χ3v) is 3.51. The van der Waals surface area contributed by atoms with E-state index in [1.54, 1.807) is 7.11 Å². The van der Waals surface area contributed by atoms with Crippen molar-refractivity contribution in [1.82, 2.24) is 9.97 Å². The van der Waals surface area contributed by atoms with Gasteiger partial charge in [-0.2, -0.15) is 4.98 Å². The van der Waals surface area contributed by atoms with Crippen molar-refractivity contribution in [1.29, 1.82) is 0 Å². The van der Waals surface area contributed by atoms with Gasteiger partial charge in [0, 0.05) is 13.1 Å². The summed E-state index contributed by atoms with van der Waals surface area (Å²) in [6.07, 6.45) is 3.82. The Hall–Kier alpha value is -2.50. The van der Waals surface area contributed by atoms with Gasteiger partial charge in [-0.15, -0.1) is 0 Å². The van der Waals surface area contributed by atoms with Crippen molar-refractivity contribution in [2.75, 3.05) is 30.8 Å². The first-order valence-corrected chi connectivity index (χ1v) is 6.95. The number of rotatable bonds is 4. The molecule has 0 atom stereocenters. The molecule has 0 radical (unpaired) electrons. The van der Waals surface area contributed by atoms with E-state index in [9.17, 15) is 0 Å². The Bertz CT molecular complexity index is 610. The van der Waals surface area contributed by atoms with Crippen molar-refractivity contribution in [2.24, 2.45) is 0 Å². The number of hydrogen-bond donors (Lipinski definition) is 1.